The van der Waals surface area contributed by atoms with E-state index >= 15 is 0 Å². The molecular formula is C13H14FN3O. The van der Waals surface area contributed by atoms with Gasteiger partial charge in [0.05, 0.1) is 12.2 Å². The van der Waals surface area contributed by atoms with Gasteiger partial charge in [-0.2, -0.15) is 5.10 Å². The number of rotatable bonds is 4. The molecule has 0 atom stereocenters. The van der Waals surface area contributed by atoms with Crippen LogP contribution in [0.3, 0.4) is 0 Å². The molecule has 0 aliphatic rings. The lowest BCUT2D eigenvalue weighted by molar-refractivity contribution is 0.0950. The molecule has 1 heterocycles. The van der Waals surface area contributed by atoms with Crippen LogP contribution in [0.25, 0.3) is 0 Å². The molecule has 1 aromatic carbocycles. The highest BCUT2D eigenvalue weighted by atomic mass is 19.1. The van der Waals surface area contributed by atoms with E-state index in [1.54, 1.807) is 10.7 Å². The van der Waals surface area contributed by atoms with E-state index in [0.717, 1.165) is 12.2 Å². The molecule has 1 N–H and O–H groups in total. The first-order chi connectivity index (χ1) is 8.69. The van der Waals surface area contributed by atoms with Gasteiger partial charge in [0.25, 0.3) is 5.91 Å². The average Bonchev–Trinajstić information content (AvgIpc) is 2.84. The van der Waals surface area contributed by atoms with Crippen molar-refractivity contribution >= 4 is 5.91 Å². The summed E-state index contributed by atoms with van der Waals surface area (Å²) in [6, 6.07) is 7.44. The zero-order valence-corrected chi connectivity index (χ0v) is 10.1. The van der Waals surface area contributed by atoms with E-state index < -0.39 is 5.82 Å². The molecule has 94 valence electrons. The minimum atomic E-state index is -0.419. The smallest absolute Gasteiger partial charge is 0.251 e. The van der Waals surface area contributed by atoms with Gasteiger partial charge in [-0.15, -0.1) is 0 Å². The highest BCUT2D eigenvalue weighted by Gasteiger charge is 2.06. The van der Waals surface area contributed by atoms with E-state index in [2.05, 4.69) is 10.4 Å². The van der Waals surface area contributed by atoms with Gasteiger partial charge in [-0.25, -0.2) is 4.39 Å². The summed E-state index contributed by atoms with van der Waals surface area (Å²) >= 11 is 0. The van der Waals surface area contributed by atoms with Crippen LogP contribution < -0.4 is 5.32 Å². The number of carbonyl (C=O) groups is 1. The molecule has 0 radical (unpaired) electrons. The van der Waals surface area contributed by atoms with Crippen molar-refractivity contribution in [1.82, 2.24) is 15.1 Å². The number of aryl methyl sites for hydroxylation is 1. The van der Waals surface area contributed by atoms with Crippen LogP contribution in [0.5, 0.6) is 0 Å². The minimum absolute atomic E-state index is 0.305. The van der Waals surface area contributed by atoms with Crippen molar-refractivity contribution in [3.8, 4) is 0 Å². The number of aromatic nitrogens is 2. The summed E-state index contributed by atoms with van der Waals surface area (Å²) in [7, 11) is 0. The molecule has 4 nitrogen and oxygen atoms in total. The molecule has 2 rings (SSSR count). The molecule has 0 bridgehead atoms. The molecular weight excluding hydrogens is 233 g/mol. The maximum absolute atomic E-state index is 12.9. The number of hydrogen-bond donors (Lipinski definition) is 1. The van der Waals surface area contributed by atoms with Gasteiger partial charge >= 0.3 is 0 Å². The molecule has 5 heteroatoms. The third-order valence-electron chi connectivity index (χ3n) is 2.54. The Hall–Kier alpha value is -2.17. The molecule has 0 saturated carbocycles. The molecule has 1 amide bonds. The maximum atomic E-state index is 12.9. The Morgan fingerprint density at radius 3 is 2.94 bits per heavy atom. The van der Waals surface area contributed by atoms with Crippen molar-refractivity contribution in [1.29, 1.82) is 0 Å². The number of halogens is 1. The lowest BCUT2D eigenvalue weighted by atomic mass is 10.2. The number of nitrogens with zero attached hydrogens (tertiary/aromatic N) is 2. The second kappa shape index (κ2) is 5.44. The van der Waals surface area contributed by atoms with E-state index in [1.165, 1.54) is 18.2 Å². The van der Waals surface area contributed by atoms with E-state index in [0.29, 0.717) is 12.1 Å². The quantitative estimate of drug-likeness (QED) is 0.897. The van der Waals surface area contributed by atoms with Crippen LogP contribution >= 0.6 is 0 Å². The molecule has 2 aromatic rings. The van der Waals surface area contributed by atoms with Gasteiger partial charge in [0.1, 0.15) is 5.82 Å². The maximum Gasteiger partial charge on any atom is 0.251 e. The SMILES string of the molecule is CCn1ccc(CNC(=O)c2cccc(F)c2)n1. The van der Waals surface area contributed by atoms with Crippen LogP contribution in [-0.4, -0.2) is 15.7 Å². The van der Waals surface area contributed by atoms with Crippen molar-refractivity contribution in [2.45, 2.75) is 20.0 Å². The number of carbonyl (C=O) groups excluding carboxylic acids is 1. The lowest BCUT2D eigenvalue weighted by Gasteiger charge is -2.03. The second-order valence-electron chi connectivity index (χ2n) is 3.86. The fourth-order valence-corrected chi connectivity index (χ4v) is 1.58. The minimum Gasteiger partial charge on any atom is -0.346 e. The average molecular weight is 247 g/mol. The summed E-state index contributed by atoms with van der Waals surface area (Å²) in [5, 5.41) is 6.94. The highest BCUT2D eigenvalue weighted by Crippen LogP contribution is 2.04. The van der Waals surface area contributed by atoms with Gasteiger partial charge in [0.15, 0.2) is 0 Å². The standard InChI is InChI=1S/C13H14FN3O/c1-2-17-7-6-12(16-17)9-15-13(18)10-4-3-5-11(14)8-10/h3-8H,2,9H2,1H3,(H,15,18). The Morgan fingerprint density at radius 1 is 1.44 bits per heavy atom. The molecule has 0 saturated heterocycles. The van der Waals surface area contributed by atoms with Crippen LogP contribution in [0, 0.1) is 5.82 Å². The van der Waals surface area contributed by atoms with Crippen molar-refractivity contribution in [2.75, 3.05) is 0 Å². The Labute approximate surface area is 104 Å². The van der Waals surface area contributed by atoms with E-state index in [-0.39, 0.29) is 5.91 Å². The molecule has 0 aliphatic carbocycles. The normalized spacial score (nSPS) is 10.3. The third-order valence-corrected chi connectivity index (χ3v) is 2.54. The summed E-state index contributed by atoms with van der Waals surface area (Å²) in [6.07, 6.45) is 1.85. The largest absolute Gasteiger partial charge is 0.346 e. The fourth-order valence-electron chi connectivity index (χ4n) is 1.58. The van der Waals surface area contributed by atoms with Gasteiger partial charge < -0.3 is 5.32 Å². The van der Waals surface area contributed by atoms with E-state index in [1.807, 2.05) is 19.2 Å². The fraction of sp³-hybridized carbons (Fsp3) is 0.231. The Kier molecular flexibility index (Phi) is 3.72. The van der Waals surface area contributed by atoms with Crippen molar-refractivity contribution in [3.05, 3.63) is 53.6 Å². The van der Waals surface area contributed by atoms with Crippen molar-refractivity contribution < 1.29 is 9.18 Å². The summed E-state index contributed by atoms with van der Waals surface area (Å²) in [6.45, 7) is 3.11. The zero-order valence-electron chi connectivity index (χ0n) is 10.1. The third kappa shape index (κ3) is 2.94. The summed E-state index contributed by atoms with van der Waals surface area (Å²) in [4.78, 5) is 11.7. The van der Waals surface area contributed by atoms with Crippen LogP contribution in [0.4, 0.5) is 4.39 Å². The molecule has 0 unspecified atom stereocenters. The lowest BCUT2D eigenvalue weighted by Crippen LogP contribution is -2.23. The number of benzene rings is 1. The van der Waals surface area contributed by atoms with Gasteiger partial charge in [0.2, 0.25) is 0 Å². The van der Waals surface area contributed by atoms with E-state index in [4.69, 9.17) is 0 Å². The van der Waals surface area contributed by atoms with Crippen molar-refractivity contribution in [2.24, 2.45) is 0 Å². The molecule has 0 aliphatic heterocycles. The highest BCUT2D eigenvalue weighted by molar-refractivity contribution is 5.94. The molecule has 0 spiro atoms. The second-order valence-corrected chi connectivity index (χ2v) is 3.86. The Morgan fingerprint density at radius 2 is 2.28 bits per heavy atom. The van der Waals surface area contributed by atoms with Crippen LogP contribution in [-0.2, 0) is 13.1 Å². The van der Waals surface area contributed by atoms with Gasteiger partial charge in [0, 0.05) is 18.3 Å². The van der Waals surface area contributed by atoms with Crippen LogP contribution in [0.2, 0.25) is 0 Å². The molecule has 0 fully saturated rings. The number of nitrogens with one attached hydrogen (secondary N) is 1. The van der Waals surface area contributed by atoms with E-state index in [9.17, 15) is 9.18 Å². The van der Waals surface area contributed by atoms with Crippen LogP contribution in [0.1, 0.15) is 23.0 Å². The van der Waals surface area contributed by atoms with Gasteiger partial charge in [-0.05, 0) is 31.2 Å². The van der Waals surface area contributed by atoms with Crippen molar-refractivity contribution in [3.63, 3.8) is 0 Å². The molecule has 18 heavy (non-hydrogen) atoms. The predicted octanol–water partition coefficient (Wildman–Crippen LogP) is 1.97. The zero-order chi connectivity index (χ0) is 13.0. The first-order valence-electron chi connectivity index (χ1n) is 5.75. The summed E-state index contributed by atoms with van der Waals surface area (Å²) in [5.41, 5.74) is 1.09. The first-order valence-corrected chi connectivity index (χ1v) is 5.75. The van der Waals surface area contributed by atoms with Crippen LogP contribution in [0.15, 0.2) is 36.5 Å². The summed E-state index contributed by atoms with van der Waals surface area (Å²) < 4.78 is 14.7. The Balaban J connectivity index is 1.96. The molecule has 1 aromatic heterocycles. The topological polar surface area (TPSA) is 46.9 Å². The Bertz CT molecular complexity index is 551. The predicted molar refractivity (Wildman–Crippen MR) is 65.5 cm³/mol. The number of amides is 1. The van der Waals surface area contributed by atoms with Gasteiger partial charge in [-0.3, -0.25) is 9.48 Å². The summed E-state index contributed by atoms with van der Waals surface area (Å²) in [5.74, 6) is -0.724. The monoisotopic (exact) mass is 247 g/mol. The number of hydrogen-bond acceptors (Lipinski definition) is 2. The van der Waals surface area contributed by atoms with Gasteiger partial charge in [-0.1, -0.05) is 6.07 Å². The first kappa shape index (κ1) is 12.3.